The molecule has 320 valence electrons. The Morgan fingerprint density at radius 1 is 0.545 bits per heavy atom. The van der Waals surface area contributed by atoms with Gasteiger partial charge >= 0.3 is 11.9 Å². The smallest absolute Gasteiger partial charge is 0.326 e. The fourth-order valence-electron chi connectivity index (χ4n) is 6.87. The highest BCUT2D eigenvalue weighted by Gasteiger charge is 2.19. The number of hydrogen-bond donors (Lipinski definition) is 3. The molecule has 0 radical (unpaired) electrons. The van der Waals surface area contributed by atoms with E-state index in [0.717, 1.165) is 51.4 Å². The topological polar surface area (TPSA) is 119 Å². The minimum atomic E-state index is -1.02. The average Bonchev–Trinajstić information content (AvgIpc) is 3.17. The van der Waals surface area contributed by atoms with Crippen LogP contribution in [0.25, 0.3) is 0 Å². The predicted molar refractivity (Wildman–Crippen MR) is 234 cm³/mol. The van der Waals surface area contributed by atoms with E-state index in [0.29, 0.717) is 38.6 Å². The first kappa shape index (κ1) is 52.6. The molecule has 0 fully saturated rings. The van der Waals surface area contributed by atoms with Crippen LogP contribution in [-0.4, -0.2) is 41.6 Å². The molecule has 0 aromatic heterocycles. The number of carboxylic acid groups (broad SMARTS) is 1. The van der Waals surface area contributed by atoms with Crippen molar-refractivity contribution in [2.24, 2.45) is 5.73 Å². The molecule has 0 aromatic carbocycles. The Kier molecular flexibility index (Phi) is 40.9. The van der Waals surface area contributed by atoms with Gasteiger partial charge in [0.15, 0.2) is 0 Å². The largest absolute Gasteiger partial charge is 0.480 e. The van der Waals surface area contributed by atoms with E-state index >= 15 is 0 Å². The number of aliphatic carboxylic acids is 1. The summed E-state index contributed by atoms with van der Waals surface area (Å²) in [5.41, 5.74) is 5.49. The van der Waals surface area contributed by atoms with Gasteiger partial charge in [-0.1, -0.05) is 166 Å². The second-order valence-electron chi connectivity index (χ2n) is 15.8. The molecule has 7 heteroatoms. The van der Waals surface area contributed by atoms with Crippen molar-refractivity contribution in [1.29, 1.82) is 0 Å². The molecular weight excluding hydrogens is 685 g/mol. The lowest BCUT2D eigenvalue weighted by Crippen LogP contribution is -2.40. The minimum Gasteiger partial charge on any atom is -0.480 e. The normalized spacial score (nSPS) is 12.9. The molecule has 4 N–H and O–H groups in total. The van der Waals surface area contributed by atoms with Crippen LogP contribution in [-0.2, 0) is 19.1 Å². The summed E-state index contributed by atoms with van der Waals surface area (Å²) in [6.07, 6.45) is 50.7. The summed E-state index contributed by atoms with van der Waals surface area (Å²) in [6.45, 7) is 4.91. The summed E-state index contributed by atoms with van der Waals surface area (Å²) in [5.74, 6) is -1.35. The molecule has 2 atom stereocenters. The lowest BCUT2D eigenvalue weighted by molar-refractivity contribution is -0.147. The van der Waals surface area contributed by atoms with E-state index in [4.69, 9.17) is 10.5 Å². The van der Waals surface area contributed by atoms with Crippen molar-refractivity contribution in [3.63, 3.8) is 0 Å². The van der Waals surface area contributed by atoms with Crippen molar-refractivity contribution in [3.05, 3.63) is 36.5 Å². The molecule has 55 heavy (non-hydrogen) atoms. The molecule has 1 amide bonds. The maximum atomic E-state index is 12.8. The molecule has 7 nitrogen and oxygen atoms in total. The second-order valence-corrected chi connectivity index (χ2v) is 15.8. The molecule has 0 saturated carbocycles. The zero-order valence-electron chi connectivity index (χ0n) is 36.0. The number of esters is 1. The standard InChI is InChI=1S/C48H88N2O5/c1-3-5-7-9-11-13-14-15-16-17-18-19-20-21-22-23-24-26-28-30-36-42-47(52)55-44(38-33-29-27-25-12-10-8-6-4-2)39-34-31-32-35-41-46(51)50-45(48(53)54)40-37-43-49/h17-18,25,27,33,38,44-45H,3-16,19-24,26,28-32,34-37,39-43,49H2,1-2H3,(H,50,51)(H,53,54)/b18-17-,27-25-,38-33-. The Labute approximate surface area is 339 Å². The van der Waals surface area contributed by atoms with Crippen LogP contribution >= 0.6 is 0 Å². The SMILES string of the molecule is CCCCCC/C=C\C/C=C\C(CCCCCCC(=O)NC(CCCN)C(=O)O)OC(=O)CCCCCCCCCCC/C=C\CCCCCCCCCC. The number of rotatable bonds is 42. The summed E-state index contributed by atoms with van der Waals surface area (Å²) in [6, 6.07) is -0.874. The van der Waals surface area contributed by atoms with Crippen LogP contribution in [0, 0.1) is 0 Å². The van der Waals surface area contributed by atoms with Crippen molar-refractivity contribution in [1.82, 2.24) is 5.32 Å². The Morgan fingerprint density at radius 2 is 1.00 bits per heavy atom. The summed E-state index contributed by atoms with van der Waals surface area (Å²) in [4.78, 5) is 36.4. The number of unbranched alkanes of at least 4 members (excludes halogenated alkanes) is 24. The molecule has 0 aromatic rings. The first-order valence-corrected chi connectivity index (χ1v) is 23.3. The van der Waals surface area contributed by atoms with E-state index in [1.165, 1.54) is 135 Å². The van der Waals surface area contributed by atoms with E-state index < -0.39 is 12.0 Å². The van der Waals surface area contributed by atoms with Crippen molar-refractivity contribution in [2.75, 3.05) is 6.54 Å². The van der Waals surface area contributed by atoms with Crippen LogP contribution < -0.4 is 11.1 Å². The van der Waals surface area contributed by atoms with E-state index in [1.54, 1.807) is 0 Å². The number of amides is 1. The van der Waals surface area contributed by atoms with Gasteiger partial charge in [-0.25, -0.2) is 4.79 Å². The highest BCUT2D eigenvalue weighted by atomic mass is 16.5. The third kappa shape index (κ3) is 39.6. The van der Waals surface area contributed by atoms with Gasteiger partial charge in [0.05, 0.1) is 0 Å². The number of nitrogens with two attached hydrogens (primary N) is 1. The van der Waals surface area contributed by atoms with Gasteiger partial charge in [0.2, 0.25) is 5.91 Å². The fraction of sp³-hybridized carbons (Fsp3) is 0.812. The summed E-state index contributed by atoms with van der Waals surface area (Å²) >= 11 is 0. The van der Waals surface area contributed by atoms with E-state index in [1.807, 2.05) is 0 Å². The van der Waals surface area contributed by atoms with Gasteiger partial charge in [-0.05, 0) is 96.1 Å². The Hall–Kier alpha value is -2.41. The van der Waals surface area contributed by atoms with Crippen molar-refractivity contribution >= 4 is 17.8 Å². The van der Waals surface area contributed by atoms with Crippen LogP contribution in [0.4, 0.5) is 0 Å². The van der Waals surface area contributed by atoms with Gasteiger partial charge in [0.25, 0.3) is 0 Å². The van der Waals surface area contributed by atoms with Crippen LogP contribution in [0.1, 0.15) is 232 Å². The number of hydrogen-bond acceptors (Lipinski definition) is 5. The summed E-state index contributed by atoms with van der Waals surface area (Å²) in [7, 11) is 0. The molecule has 0 aliphatic carbocycles. The highest BCUT2D eigenvalue weighted by molar-refractivity contribution is 5.83. The lowest BCUT2D eigenvalue weighted by Gasteiger charge is -2.15. The first-order valence-electron chi connectivity index (χ1n) is 23.3. The summed E-state index contributed by atoms with van der Waals surface area (Å²) < 4.78 is 5.93. The van der Waals surface area contributed by atoms with E-state index in [-0.39, 0.29) is 18.0 Å². The van der Waals surface area contributed by atoms with Gasteiger partial charge in [0.1, 0.15) is 12.1 Å². The predicted octanol–water partition coefficient (Wildman–Crippen LogP) is 13.4. The van der Waals surface area contributed by atoms with Crippen LogP contribution in [0.3, 0.4) is 0 Å². The number of carbonyl (C=O) groups excluding carboxylic acids is 2. The van der Waals surface area contributed by atoms with Crippen LogP contribution in [0.5, 0.6) is 0 Å². The molecule has 2 unspecified atom stereocenters. The van der Waals surface area contributed by atoms with E-state index in [2.05, 4.69) is 55.6 Å². The lowest BCUT2D eigenvalue weighted by atomic mass is 10.0. The van der Waals surface area contributed by atoms with Crippen LogP contribution in [0.2, 0.25) is 0 Å². The molecule has 0 heterocycles. The molecule has 0 rings (SSSR count). The van der Waals surface area contributed by atoms with E-state index in [9.17, 15) is 19.5 Å². The van der Waals surface area contributed by atoms with Crippen molar-refractivity contribution < 1.29 is 24.2 Å². The Morgan fingerprint density at radius 3 is 1.53 bits per heavy atom. The zero-order valence-corrected chi connectivity index (χ0v) is 36.0. The number of carboxylic acids is 1. The fourth-order valence-corrected chi connectivity index (χ4v) is 6.87. The zero-order chi connectivity index (χ0) is 40.3. The average molecular weight is 773 g/mol. The van der Waals surface area contributed by atoms with Gasteiger partial charge in [-0.2, -0.15) is 0 Å². The molecule has 0 bridgehead atoms. The van der Waals surface area contributed by atoms with Gasteiger partial charge in [-0.15, -0.1) is 0 Å². The molecule has 0 saturated heterocycles. The minimum absolute atomic E-state index is 0.104. The van der Waals surface area contributed by atoms with Crippen molar-refractivity contribution in [2.45, 2.75) is 244 Å². The first-order chi connectivity index (χ1) is 26.9. The quantitative estimate of drug-likeness (QED) is 0.0323. The second kappa shape index (κ2) is 42.7. The highest BCUT2D eigenvalue weighted by Crippen LogP contribution is 2.16. The number of allylic oxidation sites excluding steroid dienone is 5. The number of ether oxygens (including phenoxy) is 1. The van der Waals surface area contributed by atoms with Gasteiger partial charge in [-0.3, -0.25) is 9.59 Å². The van der Waals surface area contributed by atoms with Crippen LogP contribution in [0.15, 0.2) is 36.5 Å². The monoisotopic (exact) mass is 773 g/mol. The molecule has 0 aliphatic rings. The number of carbonyl (C=O) groups is 3. The van der Waals surface area contributed by atoms with Gasteiger partial charge < -0.3 is 20.9 Å². The van der Waals surface area contributed by atoms with Crippen molar-refractivity contribution in [3.8, 4) is 0 Å². The van der Waals surface area contributed by atoms with Gasteiger partial charge in [0, 0.05) is 12.8 Å². The third-order valence-corrected chi connectivity index (χ3v) is 10.4. The maximum absolute atomic E-state index is 12.8. The molecular formula is C48H88N2O5. The third-order valence-electron chi connectivity index (χ3n) is 10.4. The Bertz CT molecular complexity index is 962. The summed E-state index contributed by atoms with van der Waals surface area (Å²) in [5, 5.41) is 11.9. The molecule has 0 aliphatic heterocycles. The maximum Gasteiger partial charge on any atom is 0.326 e. The number of nitrogens with one attached hydrogen (secondary N) is 1. The molecule has 0 spiro atoms. The Balaban J connectivity index is 4.20.